The van der Waals surface area contributed by atoms with Crippen molar-refractivity contribution in [1.82, 2.24) is 4.90 Å². The third-order valence-electron chi connectivity index (χ3n) is 4.86. The van der Waals surface area contributed by atoms with Crippen LogP contribution in [0, 0.1) is 0 Å². The molecule has 154 valence electrons. The van der Waals surface area contributed by atoms with E-state index in [4.69, 9.17) is 10.2 Å². The Hall–Kier alpha value is -0.940. The predicted octanol–water partition coefficient (Wildman–Crippen LogP) is 4.20. The van der Waals surface area contributed by atoms with Gasteiger partial charge in [-0.05, 0) is 6.42 Å². The summed E-state index contributed by atoms with van der Waals surface area (Å²) in [5.41, 5.74) is 0. The first-order valence-corrected chi connectivity index (χ1v) is 10.7. The quantitative estimate of drug-likeness (QED) is 0.354. The van der Waals surface area contributed by atoms with Crippen molar-refractivity contribution < 1.29 is 19.8 Å². The zero-order chi connectivity index (χ0) is 19.5. The third kappa shape index (κ3) is 14.3. The number of amides is 2. The lowest BCUT2D eigenvalue weighted by molar-refractivity contribution is -0.148. The number of aliphatic hydroxyl groups excluding tert-OH is 2. The molecule has 5 nitrogen and oxygen atoms in total. The Bertz CT molecular complexity index is 331. The number of carbonyl (C=O) groups excluding carboxylic acids is 2. The van der Waals surface area contributed by atoms with E-state index in [1.807, 2.05) is 0 Å². The van der Waals surface area contributed by atoms with Gasteiger partial charge in [-0.3, -0.25) is 14.5 Å². The van der Waals surface area contributed by atoms with Gasteiger partial charge in [-0.15, -0.1) is 0 Å². The van der Waals surface area contributed by atoms with Gasteiger partial charge in [-0.2, -0.15) is 0 Å². The second-order valence-corrected chi connectivity index (χ2v) is 7.21. The first kappa shape index (κ1) is 25.1. The fraction of sp³-hybridized carbons (Fsp3) is 0.905. The zero-order valence-electron chi connectivity index (χ0n) is 16.9. The monoisotopic (exact) mass is 371 g/mol. The van der Waals surface area contributed by atoms with Crippen molar-refractivity contribution in [3.63, 3.8) is 0 Å². The number of carbonyl (C=O) groups is 2. The largest absolute Gasteiger partial charge is 0.387 e. The molecular formula is C21H41NO4. The highest BCUT2D eigenvalue weighted by atomic mass is 16.3. The minimum absolute atomic E-state index is 0.289. The molecule has 0 saturated carbocycles. The van der Waals surface area contributed by atoms with E-state index >= 15 is 0 Å². The molecule has 0 aliphatic carbocycles. The van der Waals surface area contributed by atoms with Crippen LogP contribution >= 0.6 is 0 Å². The van der Waals surface area contributed by atoms with Gasteiger partial charge >= 0.3 is 0 Å². The number of hydrogen-bond donors (Lipinski definition) is 2. The first-order chi connectivity index (χ1) is 12.7. The SMILES string of the molecule is CCCCCCCCCCCCCCCCCN(C(=O)CO)C(=O)CO. The lowest BCUT2D eigenvalue weighted by Crippen LogP contribution is -2.41. The fourth-order valence-corrected chi connectivity index (χ4v) is 3.20. The van der Waals surface area contributed by atoms with E-state index in [1.165, 1.54) is 77.0 Å². The van der Waals surface area contributed by atoms with Crippen LogP contribution in [0.2, 0.25) is 0 Å². The predicted molar refractivity (Wildman–Crippen MR) is 106 cm³/mol. The molecule has 0 fully saturated rings. The third-order valence-corrected chi connectivity index (χ3v) is 4.86. The molecule has 0 aromatic heterocycles. The van der Waals surface area contributed by atoms with Crippen molar-refractivity contribution in [3.8, 4) is 0 Å². The van der Waals surface area contributed by atoms with Gasteiger partial charge in [-0.25, -0.2) is 0 Å². The number of hydrogen-bond acceptors (Lipinski definition) is 4. The Morgan fingerprint density at radius 2 is 0.885 bits per heavy atom. The highest BCUT2D eigenvalue weighted by Crippen LogP contribution is 2.13. The van der Waals surface area contributed by atoms with Gasteiger partial charge < -0.3 is 10.2 Å². The molecule has 0 heterocycles. The van der Waals surface area contributed by atoms with Crippen LogP contribution in [0.1, 0.15) is 103 Å². The lowest BCUT2D eigenvalue weighted by Gasteiger charge is -2.18. The second-order valence-electron chi connectivity index (χ2n) is 7.21. The average Bonchev–Trinajstić information content (AvgIpc) is 2.66. The van der Waals surface area contributed by atoms with Gasteiger partial charge in [0.2, 0.25) is 0 Å². The lowest BCUT2D eigenvalue weighted by atomic mass is 10.0. The minimum Gasteiger partial charge on any atom is -0.387 e. The topological polar surface area (TPSA) is 77.8 Å². The molecule has 0 aliphatic heterocycles. The van der Waals surface area contributed by atoms with Crippen LogP contribution in [0.15, 0.2) is 0 Å². The van der Waals surface area contributed by atoms with Crippen LogP contribution < -0.4 is 0 Å². The standard InChI is InChI=1S/C21H41NO4/c1-2-3-4-5-6-7-8-9-10-11-12-13-14-15-16-17-22(20(25)18-23)21(26)19-24/h23-24H,2-19H2,1H3. The molecule has 0 spiro atoms. The maximum Gasteiger partial charge on any atom is 0.254 e. The van der Waals surface area contributed by atoms with E-state index in [0.29, 0.717) is 0 Å². The Morgan fingerprint density at radius 3 is 1.19 bits per heavy atom. The Kier molecular flexibility index (Phi) is 18.2. The molecule has 0 saturated heterocycles. The summed E-state index contributed by atoms with van der Waals surface area (Å²) in [6, 6.07) is 0. The summed E-state index contributed by atoms with van der Waals surface area (Å²) in [6.07, 6.45) is 18.9. The fourth-order valence-electron chi connectivity index (χ4n) is 3.20. The van der Waals surface area contributed by atoms with Crippen LogP contribution in [0.3, 0.4) is 0 Å². The Morgan fingerprint density at radius 1 is 0.577 bits per heavy atom. The van der Waals surface area contributed by atoms with Crippen LogP contribution in [-0.4, -0.2) is 46.7 Å². The van der Waals surface area contributed by atoms with E-state index in [2.05, 4.69) is 6.92 Å². The number of nitrogens with zero attached hydrogens (tertiary/aromatic N) is 1. The molecule has 0 bridgehead atoms. The minimum atomic E-state index is -0.690. The number of unbranched alkanes of at least 4 members (excludes halogenated alkanes) is 14. The summed E-state index contributed by atoms with van der Waals surface area (Å²) in [6.45, 7) is 1.16. The number of imide groups is 1. The van der Waals surface area contributed by atoms with Gasteiger partial charge in [-0.1, -0.05) is 96.8 Å². The summed E-state index contributed by atoms with van der Waals surface area (Å²) in [7, 11) is 0. The molecule has 0 atom stereocenters. The number of rotatable bonds is 18. The van der Waals surface area contributed by atoms with Crippen molar-refractivity contribution >= 4 is 11.8 Å². The summed E-state index contributed by atoms with van der Waals surface area (Å²) >= 11 is 0. The normalized spacial score (nSPS) is 10.9. The van der Waals surface area contributed by atoms with Gasteiger partial charge in [0.15, 0.2) is 0 Å². The van der Waals surface area contributed by atoms with Crippen molar-refractivity contribution in [2.75, 3.05) is 19.8 Å². The van der Waals surface area contributed by atoms with Gasteiger partial charge in [0.1, 0.15) is 13.2 Å². The molecule has 0 aromatic rings. The summed E-state index contributed by atoms with van der Waals surface area (Å²) in [5.74, 6) is -1.26. The molecule has 2 N–H and O–H groups in total. The van der Waals surface area contributed by atoms with E-state index in [0.717, 1.165) is 24.2 Å². The average molecular weight is 372 g/mol. The summed E-state index contributed by atoms with van der Waals surface area (Å²) in [4.78, 5) is 23.8. The maximum atomic E-state index is 11.4. The van der Waals surface area contributed by atoms with Crippen molar-refractivity contribution in [1.29, 1.82) is 0 Å². The number of aliphatic hydroxyl groups is 2. The molecule has 5 heteroatoms. The van der Waals surface area contributed by atoms with E-state index in [-0.39, 0.29) is 6.54 Å². The second kappa shape index (κ2) is 18.8. The van der Waals surface area contributed by atoms with Crippen LogP contribution in [0.4, 0.5) is 0 Å². The van der Waals surface area contributed by atoms with E-state index < -0.39 is 25.0 Å². The Balaban J connectivity index is 3.40. The van der Waals surface area contributed by atoms with Crippen LogP contribution in [0.5, 0.6) is 0 Å². The molecule has 2 amide bonds. The maximum absolute atomic E-state index is 11.4. The summed E-state index contributed by atoms with van der Waals surface area (Å²) < 4.78 is 0. The molecule has 0 unspecified atom stereocenters. The molecule has 0 aliphatic rings. The highest BCUT2D eigenvalue weighted by molar-refractivity contribution is 5.96. The Labute approximate surface area is 160 Å². The first-order valence-electron chi connectivity index (χ1n) is 10.7. The smallest absolute Gasteiger partial charge is 0.254 e. The van der Waals surface area contributed by atoms with Crippen molar-refractivity contribution in [2.24, 2.45) is 0 Å². The zero-order valence-corrected chi connectivity index (χ0v) is 16.9. The molecule has 0 radical (unpaired) electrons. The molecule has 0 rings (SSSR count). The van der Waals surface area contributed by atoms with Gasteiger partial charge in [0.25, 0.3) is 11.8 Å². The molecule has 26 heavy (non-hydrogen) atoms. The van der Waals surface area contributed by atoms with Crippen LogP contribution in [-0.2, 0) is 9.59 Å². The van der Waals surface area contributed by atoms with Gasteiger partial charge in [0, 0.05) is 6.54 Å². The molecule has 0 aromatic carbocycles. The highest BCUT2D eigenvalue weighted by Gasteiger charge is 2.18. The van der Waals surface area contributed by atoms with E-state index in [9.17, 15) is 9.59 Å². The molecular weight excluding hydrogens is 330 g/mol. The van der Waals surface area contributed by atoms with Crippen molar-refractivity contribution in [2.45, 2.75) is 103 Å². The van der Waals surface area contributed by atoms with Gasteiger partial charge in [0.05, 0.1) is 0 Å². The van der Waals surface area contributed by atoms with E-state index in [1.54, 1.807) is 0 Å². The summed E-state index contributed by atoms with van der Waals surface area (Å²) in [5, 5.41) is 17.7. The van der Waals surface area contributed by atoms with Crippen molar-refractivity contribution in [3.05, 3.63) is 0 Å². The van der Waals surface area contributed by atoms with Crippen LogP contribution in [0.25, 0.3) is 0 Å².